The van der Waals surface area contributed by atoms with Crippen LogP contribution in [0.5, 0.6) is 0 Å². The van der Waals surface area contributed by atoms with E-state index in [0.717, 1.165) is 28.3 Å². The lowest BCUT2D eigenvalue weighted by Crippen LogP contribution is -2.10. The predicted octanol–water partition coefficient (Wildman–Crippen LogP) is 18.9. The second kappa shape index (κ2) is 17.4. The Hall–Kier alpha value is -9.24. The zero-order valence-electron chi connectivity index (χ0n) is 38.5. The first-order chi connectivity index (χ1) is 34.7. The molecular formula is C68H46N2. The average Bonchev–Trinajstić information content (AvgIpc) is 3.77. The summed E-state index contributed by atoms with van der Waals surface area (Å²) in [5.74, 6) is 0. The van der Waals surface area contributed by atoms with Gasteiger partial charge < -0.3 is 9.47 Å². The van der Waals surface area contributed by atoms with Gasteiger partial charge >= 0.3 is 0 Å². The van der Waals surface area contributed by atoms with Crippen molar-refractivity contribution in [1.29, 1.82) is 0 Å². The number of hydrogen-bond donors (Lipinski definition) is 0. The van der Waals surface area contributed by atoms with Crippen LogP contribution in [0.4, 0.5) is 17.1 Å². The molecule has 13 rings (SSSR count). The van der Waals surface area contributed by atoms with E-state index < -0.39 is 0 Å². The third kappa shape index (κ3) is 7.40. The minimum absolute atomic E-state index is 1.07. The lowest BCUT2D eigenvalue weighted by Gasteiger charge is -2.26. The standard InChI is InChI=1S/C68H46N2/c1-4-16-47(17-5-1)55-36-41-64-66(45-55)70(58-25-8-3-9-26-58)67-46-57(48-18-6-2-7-19-48)44-65(68(64)67)56-24-14-27-61(43-56)69(59-37-32-50(33-38-59)54-31-30-49-20-10-11-22-53(49)42-54)60-39-34-52(35-40-60)63-29-15-23-51-21-12-13-28-62(51)63/h1-46H. The molecule has 0 atom stereocenters. The van der Waals surface area contributed by atoms with Gasteiger partial charge in [0.1, 0.15) is 0 Å². The van der Waals surface area contributed by atoms with Crippen LogP contribution in [0, 0.1) is 0 Å². The molecule has 0 radical (unpaired) electrons. The summed E-state index contributed by atoms with van der Waals surface area (Å²) in [5.41, 5.74) is 18.6. The summed E-state index contributed by atoms with van der Waals surface area (Å²) in [6.45, 7) is 0. The van der Waals surface area contributed by atoms with Crippen molar-refractivity contribution in [3.63, 3.8) is 0 Å². The molecule has 0 aliphatic heterocycles. The van der Waals surface area contributed by atoms with E-state index in [9.17, 15) is 0 Å². The molecule has 1 heterocycles. The van der Waals surface area contributed by atoms with Crippen LogP contribution in [-0.4, -0.2) is 4.57 Å². The van der Waals surface area contributed by atoms with Crippen LogP contribution in [0.3, 0.4) is 0 Å². The highest BCUT2D eigenvalue weighted by molar-refractivity contribution is 6.17. The molecule has 0 N–H and O–H groups in total. The van der Waals surface area contributed by atoms with E-state index in [-0.39, 0.29) is 0 Å². The Balaban J connectivity index is 1.00. The first kappa shape index (κ1) is 41.0. The van der Waals surface area contributed by atoms with Crippen LogP contribution in [0.2, 0.25) is 0 Å². The van der Waals surface area contributed by atoms with Crippen molar-refractivity contribution in [3.8, 4) is 61.3 Å². The van der Waals surface area contributed by atoms with E-state index in [2.05, 4.69) is 289 Å². The molecule has 0 bridgehead atoms. The summed E-state index contributed by atoms with van der Waals surface area (Å²) < 4.78 is 2.46. The van der Waals surface area contributed by atoms with Crippen LogP contribution in [0.15, 0.2) is 279 Å². The van der Waals surface area contributed by atoms with Crippen LogP contribution >= 0.6 is 0 Å². The maximum atomic E-state index is 2.46. The summed E-state index contributed by atoms with van der Waals surface area (Å²) in [6, 6.07) is 102. The molecule has 70 heavy (non-hydrogen) atoms. The Morgan fingerprint density at radius 3 is 1.51 bits per heavy atom. The van der Waals surface area contributed by atoms with Gasteiger partial charge in [0.15, 0.2) is 0 Å². The Morgan fingerprint density at radius 2 is 0.771 bits per heavy atom. The third-order valence-electron chi connectivity index (χ3n) is 13.9. The SMILES string of the molecule is c1ccc(-c2ccc3c4c(-c5cccc(N(c6ccc(-c7ccc8ccccc8c7)cc6)c6ccc(-c7cccc8ccccc78)cc6)c5)cc(-c5ccccc5)cc4n(-c4ccccc4)c3c2)cc1. The van der Waals surface area contributed by atoms with Gasteiger partial charge in [0, 0.05) is 33.5 Å². The molecule has 0 saturated carbocycles. The van der Waals surface area contributed by atoms with E-state index in [4.69, 9.17) is 0 Å². The fourth-order valence-corrected chi connectivity index (χ4v) is 10.5. The molecule has 328 valence electrons. The Kier molecular flexibility index (Phi) is 10.2. The second-order valence-corrected chi connectivity index (χ2v) is 18.1. The van der Waals surface area contributed by atoms with E-state index in [1.165, 1.54) is 93.4 Å². The highest BCUT2D eigenvalue weighted by atomic mass is 15.1. The monoisotopic (exact) mass is 890 g/mol. The summed E-state index contributed by atoms with van der Waals surface area (Å²) in [4.78, 5) is 2.40. The Labute approximate surface area is 408 Å². The van der Waals surface area contributed by atoms with Crippen molar-refractivity contribution in [2.24, 2.45) is 0 Å². The Bertz CT molecular complexity index is 4020. The van der Waals surface area contributed by atoms with Gasteiger partial charge in [-0.15, -0.1) is 0 Å². The Morgan fingerprint density at radius 1 is 0.243 bits per heavy atom. The molecule has 2 nitrogen and oxygen atoms in total. The quantitative estimate of drug-likeness (QED) is 0.140. The van der Waals surface area contributed by atoms with Gasteiger partial charge in [-0.05, 0) is 150 Å². The lowest BCUT2D eigenvalue weighted by atomic mass is 9.93. The largest absolute Gasteiger partial charge is 0.310 e. The molecule has 0 spiro atoms. The van der Waals surface area contributed by atoms with Crippen molar-refractivity contribution in [1.82, 2.24) is 4.57 Å². The highest BCUT2D eigenvalue weighted by Crippen LogP contribution is 2.45. The number of anilines is 3. The molecule has 12 aromatic carbocycles. The summed E-state index contributed by atoms with van der Waals surface area (Å²) in [6.07, 6.45) is 0. The van der Waals surface area contributed by atoms with Gasteiger partial charge in [-0.1, -0.05) is 206 Å². The highest BCUT2D eigenvalue weighted by Gasteiger charge is 2.21. The second-order valence-electron chi connectivity index (χ2n) is 18.1. The molecule has 0 aliphatic rings. The molecule has 2 heteroatoms. The van der Waals surface area contributed by atoms with Crippen LogP contribution in [-0.2, 0) is 0 Å². The molecule has 0 fully saturated rings. The zero-order valence-corrected chi connectivity index (χ0v) is 38.5. The molecule has 0 saturated heterocycles. The first-order valence-electron chi connectivity index (χ1n) is 24.1. The van der Waals surface area contributed by atoms with Crippen molar-refractivity contribution in [2.45, 2.75) is 0 Å². The molecule has 0 aliphatic carbocycles. The number of hydrogen-bond acceptors (Lipinski definition) is 1. The van der Waals surface area contributed by atoms with Gasteiger partial charge in [0.2, 0.25) is 0 Å². The van der Waals surface area contributed by atoms with Crippen LogP contribution in [0.25, 0.3) is 105 Å². The molecule has 0 unspecified atom stereocenters. The maximum absolute atomic E-state index is 2.46. The topological polar surface area (TPSA) is 8.17 Å². The normalized spacial score (nSPS) is 11.4. The summed E-state index contributed by atoms with van der Waals surface area (Å²) in [5, 5.41) is 7.41. The van der Waals surface area contributed by atoms with Crippen LogP contribution < -0.4 is 4.90 Å². The van der Waals surface area contributed by atoms with E-state index in [1.54, 1.807) is 0 Å². The molecular weight excluding hydrogens is 845 g/mol. The van der Waals surface area contributed by atoms with Crippen LogP contribution in [0.1, 0.15) is 0 Å². The predicted molar refractivity (Wildman–Crippen MR) is 298 cm³/mol. The smallest absolute Gasteiger partial charge is 0.0553 e. The third-order valence-corrected chi connectivity index (χ3v) is 13.9. The minimum Gasteiger partial charge on any atom is -0.310 e. The van der Waals surface area contributed by atoms with Gasteiger partial charge in [-0.25, -0.2) is 0 Å². The average molecular weight is 891 g/mol. The molecule has 0 amide bonds. The molecule has 1 aromatic heterocycles. The van der Waals surface area contributed by atoms with Gasteiger partial charge in [-0.3, -0.25) is 0 Å². The van der Waals surface area contributed by atoms with E-state index in [1.807, 2.05) is 0 Å². The first-order valence-corrected chi connectivity index (χ1v) is 24.1. The molecule has 13 aromatic rings. The number of para-hydroxylation sites is 1. The minimum atomic E-state index is 1.07. The van der Waals surface area contributed by atoms with Gasteiger partial charge in [-0.2, -0.15) is 0 Å². The zero-order chi connectivity index (χ0) is 46.4. The number of fused-ring (bicyclic) bond motifs is 5. The van der Waals surface area contributed by atoms with E-state index >= 15 is 0 Å². The fourth-order valence-electron chi connectivity index (χ4n) is 10.5. The van der Waals surface area contributed by atoms with E-state index in [0.29, 0.717) is 0 Å². The van der Waals surface area contributed by atoms with Crippen molar-refractivity contribution < 1.29 is 0 Å². The fraction of sp³-hybridized carbons (Fsp3) is 0. The van der Waals surface area contributed by atoms with Crippen molar-refractivity contribution in [3.05, 3.63) is 279 Å². The summed E-state index contributed by atoms with van der Waals surface area (Å²) in [7, 11) is 0. The van der Waals surface area contributed by atoms with Gasteiger partial charge in [0.25, 0.3) is 0 Å². The lowest BCUT2D eigenvalue weighted by molar-refractivity contribution is 1.18. The van der Waals surface area contributed by atoms with Gasteiger partial charge in [0.05, 0.1) is 11.0 Å². The number of aromatic nitrogens is 1. The number of nitrogens with zero attached hydrogens (tertiary/aromatic N) is 2. The maximum Gasteiger partial charge on any atom is 0.0553 e. The van der Waals surface area contributed by atoms with Crippen molar-refractivity contribution >= 4 is 60.4 Å². The number of rotatable bonds is 9. The summed E-state index contributed by atoms with van der Waals surface area (Å²) >= 11 is 0. The van der Waals surface area contributed by atoms with Crippen molar-refractivity contribution in [2.75, 3.05) is 4.90 Å². The number of benzene rings is 12.